The molecule has 1 aliphatic heterocycles. The summed E-state index contributed by atoms with van der Waals surface area (Å²) in [5, 5.41) is 7.85. The fourth-order valence-electron chi connectivity index (χ4n) is 3.39. The molecule has 1 aromatic heterocycles. The van der Waals surface area contributed by atoms with Crippen LogP contribution in [0, 0.1) is 5.92 Å². The first kappa shape index (κ1) is 21.8. The van der Waals surface area contributed by atoms with Crippen molar-refractivity contribution in [1.82, 2.24) is 20.3 Å². The highest BCUT2D eigenvalue weighted by molar-refractivity contribution is 7.89. The van der Waals surface area contributed by atoms with E-state index in [1.165, 1.54) is 18.0 Å². The molecule has 9 heteroatoms. The van der Waals surface area contributed by atoms with Crippen LogP contribution in [0.5, 0.6) is 0 Å². The zero-order valence-electron chi connectivity index (χ0n) is 16.6. The quantitative estimate of drug-likeness (QED) is 0.593. The summed E-state index contributed by atoms with van der Waals surface area (Å²) in [5.41, 5.74) is 0.735. The molecule has 3 N–H and O–H groups in total. The number of urea groups is 1. The van der Waals surface area contributed by atoms with Gasteiger partial charge in [-0.1, -0.05) is 18.2 Å². The number of amides is 2. The highest BCUT2D eigenvalue weighted by Gasteiger charge is 2.20. The minimum absolute atomic E-state index is 0.189. The maximum absolute atomic E-state index is 12.1. The largest absolute Gasteiger partial charge is 0.338 e. The minimum Gasteiger partial charge on any atom is -0.338 e. The Hall–Kier alpha value is -1.94. The van der Waals surface area contributed by atoms with Gasteiger partial charge >= 0.3 is 6.03 Å². The predicted molar refractivity (Wildman–Crippen MR) is 115 cm³/mol. The van der Waals surface area contributed by atoms with Crippen LogP contribution in [0.4, 0.5) is 4.79 Å². The van der Waals surface area contributed by atoms with Gasteiger partial charge in [0.05, 0.1) is 4.90 Å². The molecule has 0 radical (unpaired) electrons. The van der Waals surface area contributed by atoms with Crippen LogP contribution in [0.15, 0.2) is 46.7 Å². The first-order chi connectivity index (χ1) is 14.0. The summed E-state index contributed by atoms with van der Waals surface area (Å²) in [4.78, 5) is 16.2. The molecule has 0 bridgehead atoms. The molecule has 3 rings (SSSR count). The van der Waals surface area contributed by atoms with E-state index in [0.29, 0.717) is 12.5 Å². The molecule has 0 aliphatic carbocycles. The third-order valence-corrected chi connectivity index (χ3v) is 7.42. The van der Waals surface area contributed by atoms with E-state index in [1.54, 1.807) is 29.5 Å². The van der Waals surface area contributed by atoms with Gasteiger partial charge in [-0.05, 0) is 68.0 Å². The van der Waals surface area contributed by atoms with E-state index in [1.807, 2.05) is 0 Å². The molecule has 1 aromatic carbocycles. The van der Waals surface area contributed by atoms with Gasteiger partial charge in [0.1, 0.15) is 0 Å². The fraction of sp³-hybridized carbons (Fsp3) is 0.450. The van der Waals surface area contributed by atoms with E-state index in [4.69, 9.17) is 0 Å². The number of carbonyl (C=O) groups excluding carboxylic acids is 1. The van der Waals surface area contributed by atoms with Gasteiger partial charge in [-0.3, -0.25) is 4.90 Å². The molecule has 2 aromatic rings. The van der Waals surface area contributed by atoms with Crippen LogP contribution in [0.3, 0.4) is 0 Å². The van der Waals surface area contributed by atoms with Crippen molar-refractivity contribution >= 4 is 27.4 Å². The molecule has 158 valence electrons. The smallest absolute Gasteiger partial charge is 0.315 e. The number of carbonyl (C=O) groups is 1. The van der Waals surface area contributed by atoms with Gasteiger partial charge in [0.2, 0.25) is 10.0 Å². The van der Waals surface area contributed by atoms with Crippen LogP contribution in [0.1, 0.15) is 23.3 Å². The van der Waals surface area contributed by atoms with Crippen LogP contribution >= 0.6 is 11.3 Å². The van der Waals surface area contributed by atoms with Crippen molar-refractivity contribution in [3.8, 4) is 0 Å². The molecular weight excluding hydrogens is 408 g/mol. The maximum Gasteiger partial charge on any atom is 0.315 e. The molecule has 0 spiro atoms. The van der Waals surface area contributed by atoms with Crippen LogP contribution in [-0.4, -0.2) is 46.0 Å². The zero-order valence-corrected chi connectivity index (χ0v) is 18.2. The van der Waals surface area contributed by atoms with E-state index in [-0.39, 0.29) is 17.5 Å². The maximum atomic E-state index is 12.1. The van der Waals surface area contributed by atoms with Gasteiger partial charge in [0, 0.05) is 24.5 Å². The number of sulfonamides is 1. The number of hydrogen-bond acceptors (Lipinski definition) is 5. The Kier molecular flexibility index (Phi) is 7.65. The Morgan fingerprint density at radius 1 is 1.17 bits per heavy atom. The van der Waals surface area contributed by atoms with Crippen LogP contribution in [0.25, 0.3) is 0 Å². The molecule has 0 unspecified atom stereocenters. The Labute approximate surface area is 176 Å². The average molecular weight is 437 g/mol. The summed E-state index contributed by atoms with van der Waals surface area (Å²) < 4.78 is 26.0. The molecule has 2 amide bonds. The molecule has 1 fully saturated rings. The van der Waals surface area contributed by atoms with Crippen molar-refractivity contribution < 1.29 is 13.2 Å². The number of hydrogen-bond donors (Lipinski definition) is 3. The number of likely N-dealkylation sites (tertiary alicyclic amines) is 1. The normalized spacial score (nSPS) is 15.9. The lowest BCUT2D eigenvalue weighted by Gasteiger charge is -2.31. The fourth-order valence-corrected chi connectivity index (χ4v) is 4.94. The summed E-state index contributed by atoms with van der Waals surface area (Å²) in [5.74, 6) is 0.490. The molecule has 29 heavy (non-hydrogen) atoms. The Morgan fingerprint density at radius 3 is 2.66 bits per heavy atom. The molecule has 1 saturated heterocycles. The van der Waals surface area contributed by atoms with E-state index in [0.717, 1.165) is 38.0 Å². The van der Waals surface area contributed by atoms with Crippen molar-refractivity contribution in [1.29, 1.82) is 0 Å². The van der Waals surface area contributed by atoms with E-state index < -0.39 is 10.0 Å². The molecule has 1 aliphatic rings. The second-order valence-corrected chi connectivity index (χ2v) is 10.1. The number of rotatable bonds is 8. The van der Waals surface area contributed by atoms with Crippen LogP contribution in [0.2, 0.25) is 0 Å². The highest BCUT2D eigenvalue weighted by atomic mass is 32.2. The topological polar surface area (TPSA) is 90.5 Å². The summed E-state index contributed by atoms with van der Waals surface area (Å²) in [7, 11) is -2.11. The summed E-state index contributed by atoms with van der Waals surface area (Å²) in [6.45, 7) is 4.06. The Morgan fingerprint density at radius 2 is 1.97 bits per heavy atom. The minimum atomic E-state index is -3.49. The SMILES string of the molecule is CNS(=O)(=O)c1cccc(CNC(=O)NCC2CCN(Cc3cccs3)CC2)c1. The Bertz CT molecular complexity index is 892. The van der Waals surface area contributed by atoms with Gasteiger partial charge in [-0.25, -0.2) is 17.9 Å². The average Bonchev–Trinajstić information content (AvgIpc) is 3.25. The molecule has 7 nitrogen and oxygen atoms in total. The lowest BCUT2D eigenvalue weighted by atomic mass is 9.97. The first-order valence-corrected chi connectivity index (χ1v) is 12.1. The van der Waals surface area contributed by atoms with E-state index in [9.17, 15) is 13.2 Å². The third kappa shape index (κ3) is 6.53. The lowest BCUT2D eigenvalue weighted by molar-refractivity contribution is 0.176. The number of thiophene rings is 1. The van der Waals surface area contributed by atoms with Crippen molar-refractivity contribution in [3.05, 3.63) is 52.2 Å². The van der Waals surface area contributed by atoms with Gasteiger partial charge in [-0.2, -0.15) is 0 Å². The molecule has 0 atom stereocenters. The molecule has 2 heterocycles. The molecular formula is C20H28N4O3S2. The van der Waals surface area contributed by atoms with E-state index >= 15 is 0 Å². The van der Waals surface area contributed by atoms with Crippen molar-refractivity contribution in [3.63, 3.8) is 0 Å². The molecule has 0 saturated carbocycles. The zero-order chi connectivity index (χ0) is 20.7. The second-order valence-electron chi connectivity index (χ2n) is 7.22. The van der Waals surface area contributed by atoms with Crippen molar-refractivity contribution in [2.45, 2.75) is 30.8 Å². The van der Waals surface area contributed by atoms with Gasteiger partial charge in [0.25, 0.3) is 0 Å². The Balaban J connectivity index is 1.37. The second kappa shape index (κ2) is 10.2. The number of nitrogens with zero attached hydrogens (tertiary/aromatic N) is 1. The van der Waals surface area contributed by atoms with Crippen LogP contribution in [-0.2, 0) is 23.1 Å². The van der Waals surface area contributed by atoms with E-state index in [2.05, 4.69) is 37.8 Å². The number of piperidine rings is 1. The van der Waals surface area contributed by atoms with Crippen LogP contribution < -0.4 is 15.4 Å². The first-order valence-electron chi connectivity index (χ1n) is 9.75. The number of benzene rings is 1. The van der Waals surface area contributed by atoms with Crippen molar-refractivity contribution in [2.75, 3.05) is 26.7 Å². The van der Waals surface area contributed by atoms with Gasteiger partial charge in [0.15, 0.2) is 0 Å². The van der Waals surface area contributed by atoms with Gasteiger partial charge < -0.3 is 10.6 Å². The summed E-state index contributed by atoms with van der Waals surface area (Å²) >= 11 is 1.79. The summed E-state index contributed by atoms with van der Waals surface area (Å²) in [6, 6.07) is 10.6. The summed E-state index contributed by atoms with van der Waals surface area (Å²) in [6.07, 6.45) is 2.16. The van der Waals surface area contributed by atoms with Gasteiger partial charge in [-0.15, -0.1) is 11.3 Å². The standard InChI is InChI=1S/C20H28N4O3S2/c1-21-29(26,27)19-6-2-4-17(12-19)14-23-20(25)22-13-16-7-9-24(10-8-16)15-18-5-3-11-28-18/h2-6,11-12,16,21H,7-10,13-15H2,1H3,(H2,22,23,25). The monoisotopic (exact) mass is 436 g/mol. The lowest BCUT2D eigenvalue weighted by Crippen LogP contribution is -2.41. The van der Waals surface area contributed by atoms with Crippen molar-refractivity contribution in [2.24, 2.45) is 5.92 Å². The number of nitrogens with one attached hydrogen (secondary N) is 3. The third-order valence-electron chi connectivity index (χ3n) is 5.15. The predicted octanol–water partition coefficient (Wildman–Crippen LogP) is 2.37. The highest BCUT2D eigenvalue weighted by Crippen LogP contribution is 2.20.